The Balaban J connectivity index is 1.30. The highest BCUT2D eigenvalue weighted by Gasteiger charge is 2.32. The number of fused-ring (bicyclic) bond motifs is 1. The van der Waals surface area contributed by atoms with E-state index in [0.717, 1.165) is 19.6 Å². The quantitative estimate of drug-likeness (QED) is 0.835. The van der Waals surface area contributed by atoms with Crippen LogP contribution in [0, 0.1) is 11.3 Å². The standard InChI is InChI=1S/C21H21N3O3/c22-13-16-5-7-17(8-6-16)14-23-9-11-24(12-10-23)21(25)20-15-26-18-3-1-2-4-19(18)27-20/h1-8,20H,9-12,14-15H2/t20-/m0/s1. The summed E-state index contributed by atoms with van der Waals surface area (Å²) in [5.41, 5.74) is 1.85. The average molecular weight is 363 g/mol. The summed E-state index contributed by atoms with van der Waals surface area (Å²) in [5, 5.41) is 8.88. The Kier molecular flexibility index (Phi) is 4.95. The topological polar surface area (TPSA) is 65.8 Å². The lowest BCUT2D eigenvalue weighted by atomic mass is 10.1. The fourth-order valence-corrected chi connectivity index (χ4v) is 3.41. The van der Waals surface area contributed by atoms with E-state index in [1.807, 2.05) is 53.4 Å². The largest absolute Gasteiger partial charge is 0.485 e. The summed E-state index contributed by atoms with van der Waals surface area (Å²) in [4.78, 5) is 16.9. The van der Waals surface area contributed by atoms with Gasteiger partial charge in [-0.25, -0.2) is 0 Å². The number of para-hydroxylation sites is 2. The summed E-state index contributed by atoms with van der Waals surface area (Å²) in [5.74, 6) is 1.30. The third-order valence-corrected chi connectivity index (χ3v) is 4.96. The number of hydrogen-bond acceptors (Lipinski definition) is 5. The van der Waals surface area contributed by atoms with Crippen LogP contribution in [-0.4, -0.2) is 54.6 Å². The second kappa shape index (κ2) is 7.68. The van der Waals surface area contributed by atoms with Crippen molar-refractivity contribution in [3.8, 4) is 17.6 Å². The number of piperazine rings is 1. The predicted octanol–water partition coefficient (Wildman–Crippen LogP) is 2.04. The molecule has 1 saturated heterocycles. The van der Waals surface area contributed by atoms with E-state index in [1.54, 1.807) is 0 Å². The number of hydrogen-bond donors (Lipinski definition) is 0. The molecule has 0 bridgehead atoms. The van der Waals surface area contributed by atoms with Crippen LogP contribution in [0.25, 0.3) is 0 Å². The minimum absolute atomic E-state index is 0.0115. The Bertz CT molecular complexity index is 852. The van der Waals surface area contributed by atoms with E-state index in [2.05, 4.69) is 11.0 Å². The van der Waals surface area contributed by atoms with Gasteiger partial charge in [-0.3, -0.25) is 9.69 Å². The van der Waals surface area contributed by atoms with Crippen molar-refractivity contribution < 1.29 is 14.3 Å². The molecule has 0 unspecified atom stereocenters. The minimum atomic E-state index is -0.579. The first-order chi connectivity index (χ1) is 13.2. The number of carbonyl (C=O) groups excluding carboxylic acids is 1. The van der Waals surface area contributed by atoms with E-state index in [0.29, 0.717) is 30.2 Å². The highest BCUT2D eigenvalue weighted by molar-refractivity contribution is 5.82. The van der Waals surface area contributed by atoms with E-state index in [9.17, 15) is 4.79 Å². The summed E-state index contributed by atoms with van der Waals surface area (Å²) in [6.45, 7) is 4.06. The second-order valence-corrected chi connectivity index (χ2v) is 6.77. The molecule has 2 aliphatic heterocycles. The minimum Gasteiger partial charge on any atom is -0.485 e. The average Bonchev–Trinajstić information content (AvgIpc) is 2.74. The van der Waals surface area contributed by atoms with Gasteiger partial charge in [0.15, 0.2) is 11.5 Å². The third-order valence-electron chi connectivity index (χ3n) is 4.96. The molecule has 6 nitrogen and oxygen atoms in total. The molecule has 2 aromatic rings. The van der Waals surface area contributed by atoms with Crippen molar-refractivity contribution in [2.75, 3.05) is 32.8 Å². The summed E-state index contributed by atoms with van der Waals surface area (Å²) < 4.78 is 11.5. The number of nitrogens with zero attached hydrogens (tertiary/aromatic N) is 3. The third kappa shape index (κ3) is 3.88. The van der Waals surface area contributed by atoms with Gasteiger partial charge in [-0.05, 0) is 29.8 Å². The van der Waals surface area contributed by atoms with Crippen LogP contribution in [0.4, 0.5) is 0 Å². The zero-order chi connectivity index (χ0) is 18.6. The van der Waals surface area contributed by atoms with Crippen LogP contribution in [0.5, 0.6) is 11.5 Å². The highest BCUT2D eigenvalue weighted by atomic mass is 16.6. The van der Waals surface area contributed by atoms with Crippen molar-refractivity contribution in [3.63, 3.8) is 0 Å². The van der Waals surface area contributed by atoms with Crippen LogP contribution in [0.1, 0.15) is 11.1 Å². The molecule has 0 N–H and O–H groups in total. The Hall–Kier alpha value is -3.04. The Morgan fingerprint density at radius 2 is 1.74 bits per heavy atom. The number of amides is 1. The van der Waals surface area contributed by atoms with Crippen molar-refractivity contribution in [1.82, 2.24) is 9.80 Å². The van der Waals surface area contributed by atoms with Gasteiger partial charge in [0.2, 0.25) is 6.10 Å². The van der Waals surface area contributed by atoms with Gasteiger partial charge in [-0.1, -0.05) is 24.3 Å². The summed E-state index contributed by atoms with van der Waals surface area (Å²) in [6.07, 6.45) is -0.579. The zero-order valence-electron chi connectivity index (χ0n) is 15.0. The molecule has 1 fully saturated rings. The maximum Gasteiger partial charge on any atom is 0.267 e. The van der Waals surface area contributed by atoms with Gasteiger partial charge in [0.1, 0.15) is 6.61 Å². The van der Waals surface area contributed by atoms with Gasteiger partial charge in [0.25, 0.3) is 5.91 Å². The van der Waals surface area contributed by atoms with Crippen LogP contribution in [0.15, 0.2) is 48.5 Å². The molecule has 1 amide bonds. The Morgan fingerprint density at radius 3 is 2.44 bits per heavy atom. The number of benzene rings is 2. The molecule has 2 aliphatic rings. The van der Waals surface area contributed by atoms with E-state index < -0.39 is 6.10 Å². The van der Waals surface area contributed by atoms with Crippen LogP contribution in [0.3, 0.4) is 0 Å². The molecular formula is C21H21N3O3. The van der Waals surface area contributed by atoms with Crippen LogP contribution in [-0.2, 0) is 11.3 Å². The van der Waals surface area contributed by atoms with Crippen molar-refractivity contribution >= 4 is 5.91 Å². The molecule has 0 radical (unpaired) electrons. The first-order valence-electron chi connectivity index (χ1n) is 9.11. The molecule has 0 spiro atoms. The molecular weight excluding hydrogens is 342 g/mol. The Labute approximate surface area is 158 Å². The van der Waals surface area contributed by atoms with Gasteiger partial charge in [-0.15, -0.1) is 0 Å². The normalized spacial score (nSPS) is 19.4. The highest BCUT2D eigenvalue weighted by Crippen LogP contribution is 2.31. The van der Waals surface area contributed by atoms with Crippen LogP contribution in [0.2, 0.25) is 0 Å². The number of ether oxygens (including phenoxy) is 2. The molecule has 27 heavy (non-hydrogen) atoms. The van der Waals surface area contributed by atoms with E-state index in [-0.39, 0.29) is 12.5 Å². The first-order valence-corrected chi connectivity index (χ1v) is 9.11. The van der Waals surface area contributed by atoms with Crippen molar-refractivity contribution in [1.29, 1.82) is 5.26 Å². The van der Waals surface area contributed by atoms with Gasteiger partial charge in [0, 0.05) is 32.7 Å². The second-order valence-electron chi connectivity index (χ2n) is 6.77. The molecule has 1 atom stereocenters. The molecule has 2 aromatic carbocycles. The van der Waals surface area contributed by atoms with Crippen molar-refractivity contribution in [3.05, 3.63) is 59.7 Å². The molecule has 0 saturated carbocycles. The van der Waals surface area contributed by atoms with E-state index >= 15 is 0 Å². The fraction of sp³-hybridized carbons (Fsp3) is 0.333. The monoisotopic (exact) mass is 363 g/mol. The van der Waals surface area contributed by atoms with Gasteiger partial charge < -0.3 is 14.4 Å². The summed E-state index contributed by atoms with van der Waals surface area (Å²) >= 11 is 0. The number of carbonyl (C=O) groups is 1. The van der Waals surface area contributed by atoms with Crippen molar-refractivity contribution in [2.24, 2.45) is 0 Å². The summed E-state index contributed by atoms with van der Waals surface area (Å²) in [6, 6.07) is 17.2. The van der Waals surface area contributed by atoms with Gasteiger partial charge >= 0.3 is 0 Å². The fourth-order valence-electron chi connectivity index (χ4n) is 3.41. The maximum absolute atomic E-state index is 12.8. The molecule has 138 valence electrons. The molecule has 4 rings (SSSR count). The molecule has 0 aliphatic carbocycles. The smallest absolute Gasteiger partial charge is 0.267 e. The van der Waals surface area contributed by atoms with Crippen LogP contribution < -0.4 is 9.47 Å². The SMILES string of the molecule is N#Cc1ccc(CN2CCN(C(=O)[C@@H]3COc4ccccc4O3)CC2)cc1. The van der Waals surface area contributed by atoms with Crippen LogP contribution >= 0.6 is 0 Å². The lowest BCUT2D eigenvalue weighted by Crippen LogP contribution is -2.53. The first kappa shape index (κ1) is 17.4. The van der Waals surface area contributed by atoms with Gasteiger partial charge in [-0.2, -0.15) is 5.26 Å². The molecule has 6 heteroatoms. The zero-order valence-corrected chi connectivity index (χ0v) is 15.0. The maximum atomic E-state index is 12.8. The summed E-state index contributed by atoms with van der Waals surface area (Å²) in [7, 11) is 0. The number of rotatable bonds is 3. The molecule has 0 aromatic heterocycles. The lowest BCUT2D eigenvalue weighted by molar-refractivity contribution is -0.143. The Morgan fingerprint density at radius 1 is 1.04 bits per heavy atom. The van der Waals surface area contributed by atoms with Crippen molar-refractivity contribution in [2.45, 2.75) is 12.6 Å². The van der Waals surface area contributed by atoms with Gasteiger partial charge in [0.05, 0.1) is 11.6 Å². The number of nitriles is 1. The van der Waals surface area contributed by atoms with E-state index in [1.165, 1.54) is 5.56 Å². The lowest BCUT2D eigenvalue weighted by Gasteiger charge is -2.37. The predicted molar refractivity (Wildman–Crippen MR) is 99.4 cm³/mol. The van der Waals surface area contributed by atoms with E-state index in [4.69, 9.17) is 14.7 Å². The molecule has 2 heterocycles.